The molecule has 2 unspecified atom stereocenters. The summed E-state index contributed by atoms with van der Waals surface area (Å²) in [5.74, 6) is 0.861. The number of aliphatic hydroxyl groups is 1. The Morgan fingerprint density at radius 3 is 2.70 bits per heavy atom. The van der Waals surface area contributed by atoms with Gasteiger partial charge in [0.2, 0.25) is 0 Å². The molecule has 2 aromatic carbocycles. The average molecular weight is 271 g/mol. The molecule has 20 heavy (non-hydrogen) atoms. The molecule has 0 aliphatic carbocycles. The van der Waals surface area contributed by atoms with Crippen molar-refractivity contribution in [3.8, 4) is 5.75 Å². The van der Waals surface area contributed by atoms with Gasteiger partial charge < -0.3 is 15.2 Å². The Balaban J connectivity index is 1.88. The lowest BCUT2D eigenvalue weighted by Crippen LogP contribution is -2.38. The first-order chi connectivity index (χ1) is 9.78. The number of hydrogen-bond acceptors (Lipinski definition) is 3. The highest BCUT2D eigenvalue weighted by Gasteiger charge is 2.22. The first kappa shape index (κ1) is 13.4. The zero-order valence-corrected chi connectivity index (χ0v) is 11.8. The van der Waals surface area contributed by atoms with Crippen molar-refractivity contribution in [3.63, 3.8) is 0 Å². The molecule has 106 valence electrons. The van der Waals surface area contributed by atoms with Crippen LogP contribution in [0.15, 0.2) is 36.4 Å². The van der Waals surface area contributed by atoms with Gasteiger partial charge in [0.15, 0.2) is 0 Å². The number of hydrogen-bond donors (Lipinski definition) is 2. The summed E-state index contributed by atoms with van der Waals surface area (Å²) in [6.07, 6.45) is 3.02. The van der Waals surface area contributed by atoms with Crippen molar-refractivity contribution in [1.29, 1.82) is 0 Å². The van der Waals surface area contributed by atoms with Crippen molar-refractivity contribution in [2.24, 2.45) is 0 Å². The van der Waals surface area contributed by atoms with Gasteiger partial charge in [-0.3, -0.25) is 0 Å². The number of fused-ring (bicyclic) bond motifs is 1. The van der Waals surface area contributed by atoms with Crippen LogP contribution in [0.3, 0.4) is 0 Å². The maximum Gasteiger partial charge on any atom is 0.119 e. The van der Waals surface area contributed by atoms with Gasteiger partial charge in [0, 0.05) is 6.04 Å². The lowest BCUT2D eigenvalue weighted by Gasteiger charge is -2.28. The van der Waals surface area contributed by atoms with Crippen LogP contribution in [0, 0.1) is 0 Å². The Hall–Kier alpha value is -1.58. The van der Waals surface area contributed by atoms with Crippen LogP contribution >= 0.6 is 0 Å². The normalized spacial score (nSPS) is 20.8. The Bertz CT molecular complexity index is 591. The molecule has 0 aromatic heterocycles. The molecule has 2 aromatic rings. The number of piperidine rings is 1. The van der Waals surface area contributed by atoms with E-state index in [9.17, 15) is 5.11 Å². The predicted molar refractivity (Wildman–Crippen MR) is 81.1 cm³/mol. The fourth-order valence-electron chi connectivity index (χ4n) is 2.93. The third-order valence-corrected chi connectivity index (χ3v) is 4.14. The van der Waals surface area contributed by atoms with Crippen LogP contribution in [0.25, 0.3) is 10.8 Å². The van der Waals surface area contributed by atoms with Crippen molar-refractivity contribution in [2.75, 3.05) is 13.7 Å². The van der Waals surface area contributed by atoms with Crippen molar-refractivity contribution in [1.82, 2.24) is 5.32 Å². The lowest BCUT2D eigenvalue weighted by atomic mass is 9.93. The molecule has 0 amide bonds. The van der Waals surface area contributed by atoms with E-state index in [2.05, 4.69) is 17.4 Å². The van der Waals surface area contributed by atoms with Crippen LogP contribution < -0.4 is 10.1 Å². The first-order valence-electron chi connectivity index (χ1n) is 7.27. The quantitative estimate of drug-likeness (QED) is 0.901. The number of aliphatic hydroxyl groups excluding tert-OH is 1. The standard InChI is InChI=1S/C17H21NO2/c1-20-15-8-7-12-10-14(6-5-13(12)11-15)17(19)16-4-2-3-9-18-16/h5-8,10-11,16-19H,2-4,9H2,1H3. The van der Waals surface area contributed by atoms with Gasteiger partial charge in [-0.2, -0.15) is 0 Å². The number of nitrogens with one attached hydrogen (secondary N) is 1. The second-order valence-corrected chi connectivity index (χ2v) is 5.47. The number of methoxy groups -OCH3 is 1. The van der Waals surface area contributed by atoms with Crippen molar-refractivity contribution >= 4 is 10.8 Å². The van der Waals surface area contributed by atoms with E-state index in [1.165, 1.54) is 12.8 Å². The highest BCUT2D eigenvalue weighted by molar-refractivity contribution is 5.84. The second-order valence-electron chi connectivity index (χ2n) is 5.47. The summed E-state index contributed by atoms with van der Waals surface area (Å²) in [7, 11) is 1.67. The second kappa shape index (κ2) is 5.81. The Labute approximate surface area is 119 Å². The minimum Gasteiger partial charge on any atom is -0.497 e. The van der Waals surface area contributed by atoms with E-state index in [0.29, 0.717) is 0 Å². The van der Waals surface area contributed by atoms with Gasteiger partial charge in [-0.1, -0.05) is 24.6 Å². The molecule has 1 aliphatic heterocycles. The summed E-state index contributed by atoms with van der Waals surface area (Å²) in [6.45, 7) is 1.01. The fourth-order valence-corrected chi connectivity index (χ4v) is 2.93. The molecule has 0 radical (unpaired) electrons. The minimum atomic E-state index is -0.429. The Kier molecular flexibility index (Phi) is 3.90. The molecule has 1 heterocycles. The van der Waals surface area contributed by atoms with E-state index in [1.54, 1.807) is 7.11 Å². The van der Waals surface area contributed by atoms with Crippen LogP contribution in [-0.4, -0.2) is 24.8 Å². The van der Waals surface area contributed by atoms with Crippen LogP contribution in [0.1, 0.15) is 30.9 Å². The van der Waals surface area contributed by atoms with Crippen LogP contribution in [0.5, 0.6) is 5.75 Å². The average Bonchev–Trinajstić information content (AvgIpc) is 2.54. The van der Waals surface area contributed by atoms with Gasteiger partial charge in [-0.15, -0.1) is 0 Å². The third-order valence-electron chi connectivity index (χ3n) is 4.14. The van der Waals surface area contributed by atoms with Gasteiger partial charge in [0.05, 0.1) is 13.2 Å². The monoisotopic (exact) mass is 271 g/mol. The lowest BCUT2D eigenvalue weighted by molar-refractivity contribution is 0.114. The summed E-state index contributed by atoms with van der Waals surface area (Å²) in [6, 6.07) is 12.3. The molecule has 3 heteroatoms. The molecule has 2 N–H and O–H groups in total. The van der Waals surface area contributed by atoms with Crippen LogP contribution in [0.2, 0.25) is 0 Å². The smallest absolute Gasteiger partial charge is 0.119 e. The van der Waals surface area contributed by atoms with Crippen LogP contribution in [0.4, 0.5) is 0 Å². The zero-order chi connectivity index (χ0) is 13.9. The minimum absolute atomic E-state index is 0.180. The van der Waals surface area contributed by atoms with Gasteiger partial charge in [0.1, 0.15) is 5.75 Å². The highest BCUT2D eigenvalue weighted by atomic mass is 16.5. The van der Waals surface area contributed by atoms with Crippen molar-refractivity contribution in [3.05, 3.63) is 42.0 Å². The summed E-state index contributed by atoms with van der Waals surface area (Å²) in [5, 5.41) is 16.2. The topological polar surface area (TPSA) is 41.5 Å². The SMILES string of the molecule is COc1ccc2cc(C(O)C3CCCCN3)ccc2c1. The number of benzene rings is 2. The summed E-state index contributed by atoms with van der Waals surface area (Å²) >= 11 is 0. The number of rotatable bonds is 3. The third kappa shape index (κ3) is 2.65. The Morgan fingerprint density at radius 2 is 1.95 bits per heavy atom. The van der Waals surface area contributed by atoms with Crippen molar-refractivity contribution < 1.29 is 9.84 Å². The molecule has 0 bridgehead atoms. The maximum absolute atomic E-state index is 10.5. The molecular weight excluding hydrogens is 250 g/mol. The van der Waals surface area contributed by atoms with Crippen molar-refractivity contribution in [2.45, 2.75) is 31.4 Å². The summed E-state index contributed by atoms with van der Waals surface area (Å²) in [5.41, 5.74) is 0.988. The van der Waals surface area contributed by atoms with E-state index in [4.69, 9.17) is 4.74 Å². The molecule has 0 spiro atoms. The summed E-state index contributed by atoms with van der Waals surface area (Å²) in [4.78, 5) is 0. The molecular formula is C17H21NO2. The number of ether oxygens (including phenoxy) is 1. The van der Waals surface area contributed by atoms with E-state index >= 15 is 0 Å². The van der Waals surface area contributed by atoms with E-state index < -0.39 is 6.10 Å². The van der Waals surface area contributed by atoms with Gasteiger partial charge in [-0.25, -0.2) is 0 Å². The molecule has 3 nitrogen and oxygen atoms in total. The molecule has 0 saturated carbocycles. The molecule has 1 saturated heterocycles. The molecule has 1 aliphatic rings. The van der Waals surface area contributed by atoms with Gasteiger partial charge in [-0.05, 0) is 53.9 Å². The summed E-state index contributed by atoms with van der Waals surface area (Å²) < 4.78 is 5.24. The largest absolute Gasteiger partial charge is 0.497 e. The highest BCUT2D eigenvalue weighted by Crippen LogP contribution is 2.27. The molecule has 1 fully saturated rings. The zero-order valence-electron chi connectivity index (χ0n) is 11.8. The first-order valence-corrected chi connectivity index (χ1v) is 7.27. The maximum atomic E-state index is 10.5. The van der Waals surface area contributed by atoms with Gasteiger partial charge in [0.25, 0.3) is 0 Å². The molecule has 3 rings (SSSR count). The van der Waals surface area contributed by atoms with E-state index in [-0.39, 0.29) is 6.04 Å². The molecule has 2 atom stereocenters. The predicted octanol–water partition coefficient (Wildman–Crippen LogP) is 3.02. The Morgan fingerprint density at radius 1 is 1.15 bits per heavy atom. The van der Waals surface area contributed by atoms with E-state index in [1.807, 2.05) is 24.3 Å². The fraction of sp³-hybridized carbons (Fsp3) is 0.412. The van der Waals surface area contributed by atoms with Crippen LogP contribution in [-0.2, 0) is 0 Å². The van der Waals surface area contributed by atoms with Gasteiger partial charge >= 0.3 is 0 Å². The van der Waals surface area contributed by atoms with E-state index in [0.717, 1.165) is 35.1 Å².